The Balaban J connectivity index is 3.02. The van der Waals surface area contributed by atoms with Gasteiger partial charge in [0.1, 0.15) is 0 Å². The Morgan fingerprint density at radius 2 is 1.88 bits per heavy atom. The molecule has 1 aromatic rings. The van der Waals surface area contributed by atoms with Crippen LogP contribution in [-0.2, 0) is 5.41 Å². The summed E-state index contributed by atoms with van der Waals surface area (Å²) in [6.07, 6.45) is 1.01. The fourth-order valence-electron chi connectivity index (χ4n) is 1.15. The molecule has 0 aliphatic carbocycles. The third-order valence-corrected chi connectivity index (χ3v) is 3.64. The van der Waals surface area contributed by atoms with Crippen LogP contribution in [0.5, 0.6) is 0 Å². The van der Waals surface area contributed by atoms with Gasteiger partial charge in [0, 0.05) is 11.5 Å². The van der Waals surface area contributed by atoms with Crippen molar-refractivity contribution in [2.45, 2.75) is 64.8 Å². The molecular formula is C12H23N3O. The van der Waals surface area contributed by atoms with Crippen LogP contribution >= 0.6 is 0 Å². The Hall–Kier alpha value is -0.900. The maximum absolute atomic E-state index is 6.14. The first-order valence-corrected chi connectivity index (χ1v) is 5.83. The summed E-state index contributed by atoms with van der Waals surface area (Å²) in [4.78, 5) is 4.46. The lowest BCUT2D eigenvalue weighted by molar-refractivity contribution is 0.222. The van der Waals surface area contributed by atoms with E-state index in [9.17, 15) is 0 Å². The molecule has 0 bridgehead atoms. The smallest absolute Gasteiger partial charge is 0.234 e. The van der Waals surface area contributed by atoms with Crippen molar-refractivity contribution < 1.29 is 4.52 Å². The lowest BCUT2D eigenvalue weighted by Crippen LogP contribution is -2.50. The van der Waals surface area contributed by atoms with Gasteiger partial charge in [-0.05, 0) is 34.1 Å². The van der Waals surface area contributed by atoms with Crippen LogP contribution in [0.25, 0.3) is 0 Å². The summed E-state index contributed by atoms with van der Waals surface area (Å²) in [5.41, 5.74) is 5.41. The van der Waals surface area contributed by atoms with Crippen LogP contribution in [0.4, 0.5) is 0 Å². The van der Waals surface area contributed by atoms with Gasteiger partial charge in [0.15, 0.2) is 5.82 Å². The van der Waals surface area contributed by atoms with Crippen molar-refractivity contribution in [2.75, 3.05) is 0 Å². The molecule has 92 valence electrons. The Morgan fingerprint density at radius 1 is 1.31 bits per heavy atom. The highest BCUT2D eigenvalue weighted by atomic mass is 16.5. The molecular weight excluding hydrogens is 202 g/mol. The van der Waals surface area contributed by atoms with Crippen LogP contribution in [0.15, 0.2) is 4.52 Å². The quantitative estimate of drug-likeness (QED) is 0.855. The zero-order chi connectivity index (χ0) is 12.6. The van der Waals surface area contributed by atoms with E-state index in [2.05, 4.69) is 24.0 Å². The Morgan fingerprint density at radius 3 is 2.31 bits per heavy atom. The summed E-state index contributed by atoms with van der Waals surface area (Å²) in [5, 5.41) is 4.03. The van der Waals surface area contributed by atoms with Crippen LogP contribution in [0.3, 0.4) is 0 Å². The number of nitrogens with two attached hydrogens (primary N) is 1. The highest BCUT2D eigenvalue weighted by Gasteiger charge is 2.40. The van der Waals surface area contributed by atoms with Gasteiger partial charge in [-0.1, -0.05) is 19.0 Å². The maximum atomic E-state index is 6.14. The molecule has 0 radical (unpaired) electrons. The molecule has 1 heterocycles. The Bertz CT molecular complexity index is 349. The van der Waals surface area contributed by atoms with Crippen molar-refractivity contribution in [2.24, 2.45) is 5.73 Å². The van der Waals surface area contributed by atoms with Gasteiger partial charge in [-0.2, -0.15) is 4.98 Å². The molecule has 1 atom stereocenters. The predicted molar refractivity (Wildman–Crippen MR) is 64.3 cm³/mol. The van der Waals surface area contributed by atoms with E-state index < -0.39 is 5.54 Å². The van der Waals surface area contributed by atoms with Gasteiger partial charge in [0.25, 0.3) is 0 Å². The lowest BCUT2D eigenvalue weighted by Gasteiger charge is -2.34. The van der Waals surface area contributed by atoms with Crippen molar-refractivity contribution >= 4 is 0 Å². The van der Waals surface area contributed by atoms with Crippen molar-refractivity contribution in [1.29, 1.82) is 0 Å². The standard InChI is InChI=1S/C12H23N3O/c1-7-8(2)9-14-10(16-15-9)11(3,4)12(5,6)13/h8H,7,13H2,1-6H3. The second kappa shape index (κ2) is 4.17. The van der Waals surface area contributed by atoms with Crippen LogP contribution in [-0.4, -0.2) is 15.7 Å². The van der Waals surface area contributed by atoms with Gasteiger partial charge in [0.2, 0.25) is 5.89 Å². The normalized spacial score (nSPS) is 15.2. The van der Waals surface area contributed by atoms with E-state index in [1.165, 1.54) is 0 Å². The molecule has 4 heteroatoms. The number of rotatable bonds is 4. The molecule has 1 aromatic heterocycles. The Kier molecular flexibility index (Phi) is 3.43. The minimum absolute atomic E-state index is 0.328. The lowest BCUT2D eigenvalue weighted by atomic mass is 9.75. The van der Waals surface area contributed by atoms with Gasteiger partial charge < -0.3 is 10.3 Å². The van der Waals surface area contributed by atoms with Gasteiger partial charge in [-0.25, -0.2) is 0 Å². The van der Waals surface area contributed by atoms with E-state index in [1.807, 2.05) is 27.7 Å². The fraction of sp³-hybridized carbons (Fsp3) is 0.833. The first-order chi connectivity index (χ1) is 7.20. The van der Waals surface area contributed by atoms with E-state index >= 15 is 0 Å². The molecule has 16 heavy (non-hydrogen) atoms. The first-order valence-electron chi connectivity index (χ1n) is 5.83. The SMILES string of the molecule is CCC(C)c1noc(C(C)(C)C(C)(C)N)n1. The van der Waals surface area contributed by atoms with Gasteiger partial charge in [-0.3, -0.25) is 0 Å². The van der Waals surface area contributed by atoms with Crippen LogP contribution < -0.4 is 5.73 Å². The number of hydrogen-bond acceptors (Lipinski definition) is 4. The molecule has 2 N–H and O–H groups in total. The molecule has 1 rings (SSSR count). The van der Waals surface area contributed by atoms with Crippen molar-refractivity contribution in [3.63, 3.8) is 0 Å². The molecule has 0 amide bonds. The van der Waals surface area contributed by atoms with E-state index in [4.69, 9.17) is 10.3 Å². The second-order valence-electron chi connectivity index (χ2n) is 5.61. The zero-order valence-corrected chi connectivity index (χ0v) is 11.2. The number of aromatic nitrogens is 2. The average Bonchev–Trinajstić information content (AvgIpc) is 2.64. The predicted octanol–water partition coefficient (Wildman–Crippen LogP) is 2.60. The summed E-state index contributed by atoms with van der Waals surface area (Å²) in [7, 11) is 0. The molecule has 1 unspecified atom stereocenters. The van der Waals surface area contributed by atoms with Crippen LogP contribution in [0, 0.1) is 0 Å². The number of hydrogen-bond donors (Lipinski definition) is 1. The van der Waals surface area contributed by atoms with Gasteiger partial charge in [0.05, 0.1) is 5.41 Å². The van der Waals surface area contributed by atoms with Crippen molar-refractivity contribution in [3.05, 3.63) is 11.7 Å². The van der Waals surface area contributed by atoms with E-state index in [0.717, 1.165) is 12.2 Å². The summed E-state index contributed by atoms with van der Waals surface area (Å²) in [6.45, 7) is 12.2. The summed E-state index contributed by atoms with van der Waals surface area (Å²) >= 11 is 0. The average molecular weight is 225 g/mol. The summed E-state index contributed by atoms with van der Waals surface area (Å²) in [6, 6.07) is 0. The maximum Gasteiger partial charge on any atom is 0.234 e. The highest BCUT2D eigenvalue weighted by Crippen LogP contribution is 2.32. The van der Waals surface area contributed by atoms with Gasteiger partial charge >= 0.3 is 0 Å². The first kappa shape index (κ1) is 13.2. The zero-order valence-electron chi connectivity index (χ0n) is 11.2. The third-order valence-electron chi connectivity index (χ3n) is 3.64. The summed E-state index contributed by atoms with van der Waals surface area (Å²) < 4.78 is 5.34. The molecule has 0 aliphatic rings. The molecule has 0 fully saturated rings. The minimum atomic E-state index is -0.397. The molecule has 0 spiro atoms. The molecule has 0 saturated heterocycles. The highest BCUT2D eigenvalue weighted by molar-refractivity contribution is 5.11. The van der Waals surface area contributed by atoms with Crippen molar-refractivity contribution in [3.8, 4) is 0 Å². The monoisotopic (exact) mass is 225 g/mol. The molecule has 0 saturated carbocycles. The topological polar surface area (TPSA) is 64.9 Å². The fourth-order valence-corrected chi connectivity index (χ4v) is 1.15. The van der Waals surface area contributed by atoms with E-state index in [0.29, 0.717) is 11.8 Å². The van der Waals surface area contributed by atoms with E-state index in [-0.39, 0.29) is 5.41 Å². The molecule has 4 nitrogen and oxygen atoms in total. The van der Waals surface area contributed by atoms with Crippen LogP contribution in [0.2, 0.25) is 0 Å². The second-order valence-corrected chi connectivity index (χ2v) is 5.61. The van der Waals surface area contributed by atoms with Gasteiger partial charge in [-0.15, -0.1) is 0 Å². The van der Waals surface area contributed by atoms with Crippen molar-refractivity contribution in [1.82, 2.24) is 10.1 Å². The van der Waals surface area contributed by atoms with Crippen LogP contribution in [0.1, 0.15) is 65.6 Å². The molecule has 0 aromatic carbocycles. The Labute approximate surface area is 97.6 Å². The minimum Gasteiger partial charge on any atom is -0.339 e. The summed E-state index contributed by atoms with van der Waals surface area (Å²) in [5.74, 6) is 1.72. The third kappa shape index (κ3) is 2.26. The number of nitrogens with zero attached hydrogens (tertiary/aromatic N) is 2. The molecule has 0 aliphatic heterocycles. The largest absolute Gasteiger partial charge is 0.339 e. The van der Waals surface area contributed by atoms with E-state index in [1.54, 1.807) is 0 Å².